The molecule has 0 fully saturated rings. The maximum atomic E-state index is 13.5. The highest BCUT2D eigenvalue weighted by Gasteiger charge is 2.31. The molecule has 2 rings (SSSR count). The van der Waals surface area contributed by atoms with Crippen LogP contribution < -0.4 is 0 Å². The van der Waals surface area contributed by atoms with Gasteiger partial charge in [-0.25, -0.2) is 8.78 Å². The zero-order valence-electron chi connectivity index (χ0n) is 11.1. The second kappa shape index (κ2) is 6.54. The fraction of sp³-hybridized carbons (Fsp3) is 0.125. The van der Waals surface area contributed by atoms with Crippen LogP contribution in [0.1, 0.15) is 17.0 Å². The Morgan fingerprint density at radius 3 is 2.18 bits per heavy atom. The van der Waals surface area contributed by atoms with Crippen molar-refractivity contribution in [1.29, 1.82) is 5.26 Å². The standard InChI is InChI=1S/C16H10ClF2NO2/c17-11-4-1-9(2-5-11)15(12(8-20)16(21)22)10-3-6-13(18)14(19)7-10/h1-7,12,15H,(H,21,22)/t12-,15+/m1/s1. The zero-order valence-corrected chi connectivity index (χ0v) is 11.9. The maximum Gasteiger partial charge on any atom is 0.321 e. The van der Waals surface area contributed by atoms with Crippen molar-refractivity contribution in [1.82, 2.24) is 0 Å². The van der Waals surface area contributed by atoms with E-state index < -0.39 is 29.4 Å². The van der Waals surface area contributed by atoms with E-state index >= 15 is 0 Å². The van der Waals surface area contributed by atoms with Crippen molar-refractivity contribution in [3.05, 3.63) is 70.2 Å². The quantitative estimate of drug-likeness (QED) is 0.926. The fourth-order valence-corrected chi connectivity index (χ4v) is 2.35. The van der Waals surface area contributed by atoms with Crippen LogP contribution in [-0.4, -0.2) is 11.1 Å². The van der Waals surface area contributed by atoms with Gasteiger partial charge in [-0.3, -0.25) is 4.79 Å². The highest BCUT2D eigenvalue weighted by atomic mass is 35.5. The summed E-state index contributed by atoms with van der Waals surface area (Å²) in [4.78, 5) is 11.3. The molecular weight excluding hydrogens is 312 g/mol. The van der Waals surface area contributed by atoms with E-state index in [2.05, 4.69) is 0 Å². The Morgan fingerprint density at radius 1 is 1.09 bits per heavy atom. The van der Waals surface area contributed by atoms with Gasteiger partial charge in [-0.2, -0.15) is 5.26 Å². The highest BCUT2D eigenvalue weighted by molar-refractivity contribution is 6.30. The lowest BCUT2D eigenvalue weighted by atomic mass is 9.81. The first kappa shape index (κ1) is 15.9. The molecule has 2 aromatic rings. The van der Waals surface area contributed by atoms with Crippen LogP contribution in [0.2, 0.25) is 5.02 Å². The summed E-state index contributed by atoms with van der Waals surface area (Å²) in [5.74, 6) is -5.85. The van der Waals surface area contributed by atoms with Crippen molar-refractivity contribution in [2.24, 2.45) is 5.92 Å². The van der Waals surface area contributed by atoms with Crippen LogP contribution in [0.15, 0.2) is 42.5 Å². The van der Waals surface area contributed by atoms with Crippen molar-refractivity contribution in [2.75, 3.05) is 0 Å². The SMILES string of the molecule is N#C[C@@H](C(=O)O)[C@@H](c1ccc(Cl)cc1)c1ccc(F)c(F)c1. The van der Waals surface area contributed by atoms with Crippen molar-refractivity contribution in [3.63, 3.8) is 0 Å². The number of rotatable bonds is 4. The molecule has 22 heavy (non-hydrogen) atoms. The number of nitriles is 1. The molecule has 0 bridgehead atoms. The average molecular weight is 322 g/mol. The van der Waals surface area contributed by atoms with Gasteiger partial charge in [0.25, 0.3) is 0 Å². The number of carbonyl (C=O) groups is 1. The van der Waals surface area contributed by atoms with Gasteiger partial charge in [0, 0.05) is 10.9 Å². The number of hydrogen-bond acceptors (Lipinski definition) is 2. The van der Waals surface area contributed by atoms with Crippen LogP contribution in [0.5, 0.6) is 0 Å². The molecule has 112 valence electrons. The van der Waals surface area contributed by atoms with Crippen molar-refractivity contribution in [3.8, 4) is 6.07 Å². The first-order valence-electron chi connectivity index (χ1n) is 6.27. The maximum absolute atomic E-state index is 13.5. The summed E-state index contributed by atoms with van der Waals surface area (Å²) in [6, 6.07) is 11.0. The summed E-state index contributed by atoms with van der Waals surface area (Å²) < 4.78 is 26.5. The minimum absolute atomic E-state index is 0.204. The van der Waals surface area contributed by atoms with E-state index in [1.54, 1.807) is 30.3 Å². The third-order valence-electron chi connectivity index (χ3n) is 3.27. The molecule has 0 heterocycles. The lowest BCUT2D eigenvalue weighted by Crippen LogP contribution is -2.21. The predicted octanol–water partition coefficient (Wildman–Crippen LogP) is 3.97. The molecular formula is C16H10ClF2NO2. The Labute approximate surface area is 130 Å². The third kappa shape index (κ3) is 3.23. The number of carboxylic acid groups (broad SMARTS) is 1. The van der Waals surface area contributed by atoms with Crippen molar-refractivity contribution in [2.45, 2.75) is 5.92 Å². The Hall–Kier alpha value is -2.45. The van der Waals surface area contributed by atoms with Crippen LogP contribution in [0, 0.1) is 28.9 Å². The van der Waals surface area contributed by atoms with Gasteiger partial charge in [0.1, 0.15) is 0 Å². The molecule has 0 aliphatic carbocycles. The van der Waals surface area contributed by atoms with Crippen LogP contribution in [0.3, 0.4) is 0 Å². The molecule has 3 nitrogen and oxygen atoms in total. The Balaban J connectivity index is 2.59. The summed E-state index contributed by atoms with van der Waals surface area (Å²) in [6.07, 6.45) is 0. The van der Waals surface area contributed by atoms with Crippen LogP contribution in [-0.2, 0) is 4.79 Å². The van der Waals surface area contributed by atoms with E-state index in [0.717, 1.165) is 12.1 Å². The second-order valence-electron chi connectivity index (χ2n) is 4.65. The first-order valence-corrected chi connectivity index (χ1v) is 6.64. The van der Waals surface area contributed by atoms with E-state index in [4.69, 9.17) is 16.9 Å². The lowest BCUT2D eigenvalue weighted by molar-refractivity contribution is -0.140. The predicted molar refractivity (Wildman–Crippen MR) is 76.4 cm³/mol. The number of aliphatic carboxylic acids is 1. The molecule has 1 N–H and O–H groups in total. The van der Waals surface area contributed by atoms with Gasteiger partial charge >= 0.3 is 5.97 Å². The van der Waals surface area contributed by atoms with Crippen LogP contribution >= 0.6 is 11.6 Å². The zero-order chi connectivity index (χ0) is 16.3. The van der Waals surface area contributed by atoms with Crippen molar-refractivity contribution < 1.29 is 18.7 Å². The molecule has 0 aromatic heterocycles. The van der Waals surface area contributed by atoms with Gasteiger partial charge in [-0.1, -0.05) is 29.8 Å². The van der Waals surface area contributed by atoms with Gasteiger partial charge in [0.2, 0.25) is 0 Å². The molecule has 0 spiro atoms. The Morgan fingerprint density at radius 2 is 1.68 bits per heavy atom. The van der Waals surface area contributed by atoms with E-state index in [9.17, 15) is 18.7 Å². The smallest absolute Gasteiger partial charge is 0.321 e. The average Bonchev–Trinajstić information content (AvgIpc) is 2.48. The van der Waals surface area contributed by atoms with Gasteiger partial charge < -0.3 is 5.11 Å². The fourth-order valence-electron chi connectivity index (χ4n) is 2.23. The topological polar surface area (TPSA) is 61.1 Å². The lowest BCUT2D eigenvalue weighted by Gasteiger charge is -2.20. The van der Waals surface area contributed by atoms with Crippen molar-refractivity contribution >= 4 is 17.6 Å². The Bertz CT molecular complexity index is 741. The van der Waals surface area contributed by atoms with Gasteiger partial charge in [-0.05, 0) is 35.4 Å². The summed E-state index contributed by atoms with van der Waals surface area (Å²) in [5.41, 5.74) is 0.680. The molecule has 0 saturated heterocycles. The Kier molecular flexibility index (Phi) is 4.74. The molecule has 2 atom stereocenters. The summed E-state index contributed by atoms with van der Waals surface area (Å²) >= 11 is 5.79. The monoisotopic (exact) mass is 321 g/mol. The largest absolute Gasteiger partial charge is 0.480 e. The number of nitrogens with zero attached hydrogens (tertiary/aromatic N) is 1. The van der Waals surface area contributed by atoms with Gasteiger partial charge in [0.05, 0.1) is 6.07 Å². The first-order chi connectivity index (χ1) is 10.4. The molecule has 6 heteroatoms. The van der Waals surface area contributed by atoms with Crippen LogP contribution in [0.25, 0.3) is 0 Å². The molecule has 0 aliphatic heterocycles. The normalized spacial score (nSPS) is 13.2. The van der Waals surface area contributed by atoms with Gasteiger partial charge in [-0.15, -0.1) is 0 Å². The third-order valence-corrected chi connectivity index (χ3v) is 3.52. The molecule has 0 amide bonds. The molecule has 0 unspecified atom stereocenters. The number of halogens is 3. The summed E-state index contributed by atoms with van der Waals surface area (Å²) in [7, 11) is 0. The minimum atomic E-state index is -1.44. The number of carboxylic acids is 1. The highest BCUT2D eigenvalue weighted by Crippen LogP contribution is 2.33. The molecule has 2 aromatic carbocycles. The molecule has 0 saturated carbocycles. The van der Waals surface area contributed by atoms with E-state index in [1.807, 2.05) is 0 Å². The molecule has 0 radical (unpaired) electrons. The molecule has 0 aliphatic rings. The number of benzene rings is 2. The minimum Gasteiger partial charge on any atom is -0.480 e. The summed E-state index contributed by atoms with van der Waals surface area (Å²) in [5, 5.41) is 18.8. The van der Waals surface area contributed by atoms with E-state index in [-0.39, 0.29) is 5.56 Å². The van der Waals surface area contributed by atoms with Crippen LogP contribution in [0.4, 0.5) is 8.78 Å². The van der Waals surface area contributed by atoms with E-state index in [1.165, 1.54) is 6.07 Å². The van der Waals surface area contributed by atoms with E-state index in [0.29, 0.717) is 10.6 Å². The van der Waals surface area contributed by atoms with Gasteiger partial charge in [0.15, 0.2) is 17.6 Å². The number of hydrogen-bond donors (Lipinski definition) is 1. The summed E-state index contributed by atoms with van der Waals surface area (Å²) in [6.45, 7) is 0. The second-order valence-corrected chi connectivity index (χ2v) is 5.08.